The molecule has 9 heteroatoms. The summed E-state index contributed by atoms with van der Waals surface area (Å²) in [5, 5.41) is 24.1. The Morgan fingerprint density at radius 2 is 1.78 bits per heavy atom. The normalized spacial score (nSPS) is 12.0. The van der Waals surface area contributed by atoms with E-state index in [9.17, 15) is 24.8 Å². The summed E-state index contributed by atoms with van der Waals surface area (Å²) in [6, 6.07) is 16.8. The van der Waals surface area contributed by atoms with Crippen molar-refractivity contribution >= 4 is 18.0 Å². The number of amides is 2. The van der Waals surface area contributed by atoms with Crippen LogP contribution in [0, 0.1) is 11.3 Å². The molecule has 2 aromatic carbocycles. The number of nitriles is 1. The lowest BCUT2D eigenvalue weighted by Crippen LogP contribution is -2.45. The molecule has 2 aromatic rings. The minimum absolute atomic E-state index is 0.0578. The number of aliphatic hydroxyl groups excluding tert-OH is 1. The summed E-state index contributed by atoms with van der Waals surface area (Å²) in [7, 11) is 1.19. The molecule has 3 N–H and O–H groups in total. The van der Waals surface area contributed by atoms with Crippen LogP contribution in [0.1, 0.15) is 23.1 Å². The topological polar surface area (TPSA) is 138 Å². The number of methoxy groups -OCH3 is 1. The van der Waals surface area contributed by atoms with Gasteiger partial charge in [-0.05, 0) is 17.2 Å². The van der Waals surface area contributed by atoms with Gasteiger partial charge in [0.2, 0.25) is 5.91 Å². The molecule has 0 aliphatic carbocycles. The van der Waals surface area contributed by atoms with Gasteiger partial charge in [0.1, 0.15) is 12.6 Å². The van der Waals surface area contributed by atoms with E-state index in [-0.39, 0.29) is 26.0 Å². The first-order valence-electron chi connectivity index (χ1n) is 9.90. The molecule has 0 unspecified atom stereocenters. The summed E-state index contributed by atoms with van der Waals surface area (Å²) < 4.78 is 9.77. The van der Waals surface area contributed by atoms with Crippen LogP contribution in [0.15, 0.2) is 54.6 Å². The summed E-state index contributed by atoms with van der Waals surface area (Å²) in [6.07, 6.45) is -2.22. The van der Waals surface area contributed by atoms with Crippen molar-refractivity contribution in [2.24, 2.45) is 0 Å². The molecule has 168 valence electrons. The summed E-state index contributed by atoms with van der Waals surface area (Å²) in [4.78, 5) is 36.1. The number of hydrogen-bond donors (Lipinski definition) is 3. The average Bonchev–Trinajstić information content (AvgIpc) is 2.81. The van der Waals surface area contributed by atoms with Crippen molar-refractivity contribution in [1.82, 2.24) is 10.6 Å². The quantitative estimate of drug-likeness (QED) is 0.476. The summed E-state index contributed by atoms with van der Waals surface area (Å²) in [6.45, 7) is -0.130. The van der Waals surface area contributed by atoms with Crippen LogP contribution in [0.3, 0.4) is 0 Å². The maximum absolute atomic E-state index is 12.3. The number of alkyl carbamates (subject to hydrolysis) is 1. The number of rotatable bonds is 10. The highest BCUT2D eigenvalue weighted by atomic mass is 16.5. The molecule has 0 radical (unpaired) electrons. The van der Waals surface area contributed by atoms with E-state index in [0.29, 0.717) is 11.1 Å². The third kappa shape index (κ3) is 8.08. The first kappa shape index (κ1) is 24.4. The molecule has 9 nitrogen and oxygen atoms in total. The molecule has 0 aliphatic rings. The number of esters is 1. The summed E-state index contributed by atoms with van der Waals surface area (Å²) in [5.74, 6) is -1.29. The molecule has 0 bridgehead atoms. The van der Waals surface area contributed by atoms with Crippen molar-refractivity contribution in [1.29, 1.82) is 5.26 Å². The van der Waals surface area contributed by atoms with E-state index in [4.69, 9.17) is 9.47 Å². The predicted octanol–water partition coefficient (Wildman–Crippen LogP) is 1.44. The van der Waals surface area contributed by atoms with Gasteiger partial charge in [0.25, 0.3) is 0 Å². The molecule has 0 fully saturated rings. The molecule has 2 amide bonds. The Labute approximate surface area is 186 Å². The Bertz CT molecular complexity index is 958. The Morgan fingerprint density at radius 3 is 2.47 bits per heavy atom. The number of nitrogens with one attached hydrogen (secondary N) is 2. The molecule has 32 heavy (non-hydrogen) atoms. The molecule has 0 aliphatic heterocycles. The van der Waals surface area contributed by atoms with Gasteiger partial charge >= 0.3 is 12.1 Å². The third-order valence-electron chi connectivity index (χ3n) is 4.50. The van der Waals surface area contributed by atoms with Gasteiger partial charge in [-0.25, -0.2) is 9.59 Å². The highest BCUT2D eigenvalue weighted by Gasteiger charge is 2.24. The fourth-order valence-electron chi connectivity index (χ4n) is 2.88. The second kappa shape index (κ2) is 12.7. The van der Waals surface area contributed by atoms with Crippen LogP contribution in [-0.2, 0) is 32.1 Å². The number of benzene rings is 2. The van der Waals surface area contributed by atoms with Gasteiger partial charge in [0.05, 0.1) is 31.3 Å². The van der Waals surface area contributed by atoms with Crippen molar-refractivity contribution in [3.05, 3.63) is 71.3 Å². The molecule has 0 spiro atoms. The molecular formula is C23H25N3O6. The first-order valence-corrected chi connectivity index (χ1v) is 9.90. The fraction of sp³-hybridized carbons (Fsp3) is 0.304. The van der Waals surface area contributed by atoms with Crippen molar-refractivity contribution in [3.8, 4) is 6.07 Å². The van der Waals surface area contributed by atoms with Gasteiger partial charge in [-0.15, -0.1) is 0 Å². The molecule has 2 atom stereocenters. The molecule has 0 heterocycles. The van der Waals surface area contributed by atoms with Crippen LogP contribution in [0.2, 0.25) is 0 Å². The van der Waals surface area contributed by atoms with E-state index in [2.05, 4.69) is 10.6 Å². The van der Waals surface area contributed by atoms with Crippen LogP contribution in [0.5, 0.6) is 0 Å². The number of nitrogens with zero attached hydrogens (tertiary/aromatic N) is 1. The van der Waals surface area contributed by atoms with Crippen LogP contribution >= 0.6 is 0 Å². The second-order valence-corrected chi connectivity index (χ2v) is 6.92. The molecule has 0 saturated carbocycles. The van der Waals surface area contributed by atoms with E-state index in [0.717, 1.165) is 5.56 Å². The molecular weight excluding hydrogens is 414 g/mol. The minimum Gasteiger partial charge on any atom is -0.467 e. The van der Waals surface area contributed by atoms with Crippen LogP contribution in [-0.4, -0.2) is 48.9 Å². The summed E-state index contributed by atoms with van der Waals surface area (Å²) >= 11 is 0. The van der Waals surface area contributed by atoms with Gasteiger partial charge in [0.15, 0.2) is 0 Å². The summed E-state index contributed by atoms with van der Waals surface area (Å²) in [5.41, 5.74) is 1.78. The number of carbonyl (C=O) groups excluding carboxylic acids is 3. The highest BCUT2D eigenvalue weighted by Crippen LogP contribution is 2.11. The van der Waals surface area contributed by atoms with Crippen molar-refractivity contribution in [3.63, 3.8) is 0 Å². The third-order valence-corrected chi connectivity index (χ3v) is 4.50. The zero-order chi connectivity index (χ0) is 23.3. The van der Waals surface area contributed by atoms with E-state index in [1.807, 2.05) is 24.3 Å². The number of ether oxygens (including phenoxy) is 2. The van der Waals surface area contributed by atoms with E-state index < -0.39 is 30.1 Å². The minimum atomic E-state index is -1.19. The van der Waals surface area contributed by atoms with E-state index in [1.165, 1.54) is 7.11 Å². The van der Waals surface area contributed by atoms with E-state index in [1.54, 1.807) is 36.4 Å². The maximum atomic E-state index is 12.3. The van der Waals surface area contributed by atoms with Crippen LogP contribution < -0.4 is 10.6 Å². The lowest BCUT2D eigenvalue weighted by molar-refractivity contribution is -0.145. The lowest BCUT2D eigenvalue weighted by Gasteiger charge is -2.18. The van der Waals surface area contributed by atoms with Gasteiger partial charge < -0.3 is 25.2 Å². The standard InChI is InChI=1S/C23H25N3O6/c1-31-22(29)20(11-17-9-5-6-10-18(17)13-24)26-21(28)12-19(27)14-25-23(30)32-15-16-7-3-2-4-8-16/h2-10,19-20,27H,11-12,14-15H2,1H3,(H,25,30)(H,26,28)/t19-,20+/m1/s1. The molecule has 0 saturated heterocycles. The van der Waals surface area contributed by atoms with Crippen molar-refractivity contribution in [2.75, 3.05) is 13.7 Å². The van der Waals surface area contributed by atoms with Crippen LogP contribution in [0.4, 0.5) is 4.79 Å². The molecule has 0 aromatic heterocycles. The van der Waals surface area contributed by atoms with Gasteiger partial charge in [-0.1, -0.05) is 48.5 Å². The van der Waals surface area contributed by atoms with Crippen LogP contribution in [0.25, 0.3) is 0 Å². The first-order chi connectivity index (χ1) is 15.4. The van der Waals surface area contributed by atoms with Crippen molar-refractivity contribution in [2.45, 2.75) is 31.6 Å². The monoisotopic (exact) mass is 439 g/mol. The van der Waals surface area contributed by atoms with Gasteiger partial charge in [-0.3, -0.25) is 4.79 Å². The Morgan fingerprint density at radius 1 is 1.09 bits per heavy atom. The lowest BCUT2D eigenvalue weighted by atomic mass is 10.0. The number of carbonyl (C=O) groups is 3. The number of hydrogen-bond acceptors (Lipinski definition) is 7. The Kier molecular flexibility index (Phi) is 9.69. The van der Waals surface area contributed by atoms with E-state index >= 15 is 0 Å². The Balaban J connectivity index is 1.81. The maximum Gasteiger partial charge on any atom is 0.407 e. The SMILES string of the molecule is COC(=O)[C@H](Cc1ccccc1C#N)NC(=O)C[C@@H](O)CNC(=O)OCc1ccccc1. The van der Waals surface area contributed by atoms with Gasteiger partial charge in [0, 0.05) is 13.0 Å². The zero-order valence-corrected chi connectivity index (χ0v) is 17.6. The average molecular weight is 439 g/mol. The zero-order valence-electron chi connectivity index (χ0n) is 17.6. The smallest absolute Gasteiger partial charge is 0.407 e. The van der Waals surface area contributed by atoms with Crippen molar-refractivity contribution < 1.29 is 29.0 Å². The molecule has 2 rings (SSSR count). The predicted molar refractivity (Wildman–Crippen MR) is 114 cm³/mol. The number of aliphatic hydroxyl groups is 1. The second-order valence-electron chi connectivity index (χ2n) is 6.92. The largest absolute Gasteiger partial charge is 0.467 e. The van der Waals surface area contributed by atoms with Gasteiger partial charge in [-0.2, -0.15) is 5.26 Å². The Hall–Kier alpha value is -3.90. The highest BCUT2D eigenvalue weighted by molar-refractivity contribution is 5.85. The fourth-order valence-corrected chi connectivity index (χ4v) is 2.88.